The second-order valence-electron chi connectivity index (χ2n) is 6.04. The van der Waals surface area contributed by atoms with Gasteiger partial charge in [-0.05, 0) is 36.6 Å². The summed E-state index contributed by atoms with van der Waals surface area (Å²) in [4.78, 5) is 0. The van der Waals surface area contributed by atoms with Crippen LogP contribution in [0.5, 0.6) is 0 Å². The summed E-state index contributed by atoms with van der Waals surface area (Å²) < 4.78 is 6.11. The molecule has 22 heavy (non-hydrogen) atoms. The largest absolute Gasteiger partial charge is 0.378 e. The van der Waals surface area contributed by atoms with Crippen molar-refractivity contribution in [2.75, 3.05) is 11.9 Å². The lowest BCUT2D eigenvalue weighted by molar-refractivity contribution is -0.0381. The van der Waals surface area contributed by atoms with Crippen molar-refractivity contribution in [3.05, 3.63) is 65.2 Å². The Bertz CT molecular complexity index is 720. The molecule has 2 aromatic carbocycles. The van der Waals surface area contributed by atoms with Gasteiger partial charge >= 0.3 is 0 Å². The van der Waals surface area contributed by atoms with Crippen molar-refractivity contribution in [1.29, 1.82) is 5.26 Å². The third kappa shape index (κ3) is 2.17. The minimum Gasteiger partial charge on any atom is -0.378 e. The Labute approximate surface area is 130 Å². The van der Waals surface area contributed by atoms with Gasteiger partial charge in [-0.15, -0.1) is 0 Å². The van der Waals surface area contributed by atoms with E-state index in [0.717, 1.165) is 30.7 Å². The highest BCUT2D eigenvalue weighted by Crippen LogP contribution is 2.49. The molecule has 0 unspecified atom stereocenters. The van der Waals surface area contributed by atoms with Gasteiger partial charge in [0.05, 0.1) is 23.8 Å². The third-order valence-electron chi connectivity index (χ3n) is 4.75. The lowest BCUT2D eigenvalue weighted by Crippen LogP contribution is -2.36. The van der Waals surface area contributed by atoms with E-state index in [4.69, 9.17) is 10.00 Å². The zero-order chi connectivity index (χ0) is 14.9. The fourth-order valence-electron chi connectivity index (χ4n) is 3.73. The van der Waals surface area contributed by atoms with E-state index < -0.39 is 0 Å². The van der Waals surface area contributed by atoms with Crippen molar-refractivity contribution < 1.29 is 4.74 Å². The van der Waals surface area contributed by atoms with Gasteiger partial charge in [0.1, 0.15) is 0 Å². The predicted molar refractivity (Wildman–Crippen MR) is 85.4 cm³/mol. The Morgan fingerprint density at radius 1 is 1.14 bits per heavy atom. The highest BCUT2D eigenvalue weighted by molar-refractivity contribution is 5.59. The van der Waals surface area contributed by atoms with E-state index in [1.807, 2.05) is 24.3 Å². The van der Waals surface area contributed by atoms with Crippen LogP contribution >= 0.6 is 0 Å². The zero-order valence-electron chi connectivity index (χ0n) is 12.3. The lowest BCUT2D eigenvalue weighted by Gasteiger charge is -2.43. The number of fused-ring (bicyclic) bond motifs is 3. The highest BCUT2D eigenvalue weighted by Gasteiger charge is 2.39. The summed E-state index contributed by atoms with van der Waals surface area (Å²) in [5, 5.41) is 12.8. The van der Waals surface area contributed by atoms with Crippen LogP contribution in [0, 0.1) is 17.2 Å². The molecule has 1 fully saturated rings. The third-order valence-corrected chi connectivity index (χ3v) is 4.75. The van der Waals surface area contributed by atoms with Gasteiger partial charge in [0.25, 0.3) is 0 Å². The molecule has 3 heteroatoms. The number of hydrogen-bond donors (Lipinski definition) is 1. The number of ether oxygens (including phenoxy) is 1. The molecule has 0 bridgehead atoms. The molecule has 0 aromatic heterocycles. The topological polar surface area (TPSA) is 45.0 Å². The van der Waals surface area contributed by atoms with E-state index in [1.54, 1.807) is 0 Å². The van der Waals surface area contributed by atoms with Crippen molar-refractivity contribution in [3.8, 4) is 6.07 Å². The average Bonchev–Trinajstić information content (AvgIpc) is 2.61. The van der Waals surface area contributed by atoms with Gasteiger partial charge in [-0.3, -0.25) is 0 Å². The lowest BCUT2D eigenvalue weighted by atomic mass is 9.77. The molecule has 2 aromatic rings. The monoisotopic (exact) mass is 290 g/mol. The molecular weight excluding hydrogens is 272 g/mol. The van der Waals surface area contributed by atoms with Crippen molar-refractivity contribution in [3.63, 3.8) is 0 Å². The maximum atomic E-state index is 9.15. The first kappa shape index (κ1) is 13.4. The van der Waals surface area contributed by atoms with Crippen LogP contribution in [0.2, 0.25) is 0 Å². The quantitative estimate of drug-likeness (QED) is 0.856. The van der Waals surface area contributed by atoms with Crippen LogP contribution in [-0.2, 0) is 4.74 Å². The number of nitriles is 1. The molecule has 3 nitrogen and oxygen atoms in total. The van der Waals surface area contributed by atoms with Gasteiger partial charge in [0.2, 0.25) is 0 Å². The fourth-order valence-corrected chi connectivity index (χ4v) is 3.73. The SMILES string of the molecule is N#Cc1ccc2c(c1)[C@@H]1OCCC[C@@H]1[C@@H](c1ccccc1)N2. The number of hydrogen-bond acceptors (Lipinski definition) is 3. The summed E-state index contributed by atoms with van der Waals surface area (Å²) in [5.41, 5.74) is 4.23. The molecule has 0 radical (unpaired) electrons. The summed E-state index contributed by atoms with van der Waals surface area (Å²) in [6, 6.07) is 18.9. The molecule has 2 aliphatic heterocycles. The summed E-state index contributed by atoms with van der Waals surface area (Å²) in [7, 11) is 0. The molecule has 1 saturated heterocycles. The van der Waals surface area contributed by atoms with Crippen molar-refractivity contribution in [2.45, 2.75) is 25.0 Å². The summed E-state index contributed by atoms with van der Waals surface area (Å²) in [5.74, 6) is 0.414. The molecular formula is C19H18N2O. The second kappa shape index (κ2) is 5.47. The van der Waals surface area contributed by atoms with Gasteiger partial charge in [-0.1, -0.05) is 30.3 Å². The Morgan fingerprint density at radius 3 is 2.82 bits per heavy atom. The first-order valence-electron chi connectivity index (χ1n) is 7.84. The first-order valence-corrected chi connectivity index (χ1v) is 7.84. The molecule has 110 valence electrons. The maximum absolute atomic E-state index is 9.15. The van der Waals surface area contributed by atoms with Crippen LogP contribution in [-0.4, -0.2) is 6.61 Å². The van der Waals surface area contributed by atoms with Gasteiger partial charge in [-0.25, -0.2) is 0 Å². The molecule has 2 aliphatic rings. The Hall–Kier alpha value is -2.31. The molecule has 4 rings (SSSR count). The van der Waals surface area contributed by atoms with Crippen molar-refractivity contribution in [2.24, 2.45) is 5.92 Å². The average molecular weight is 290 g/mol. The normalized spacial score (nSPS) is 26.2. The van der Waals surface area contributed by atoms with Gasteiger partial charge < -0.3 is 10.1 Å². The van der Waals surface area contributed by atoms with Crippen LogP contribution in [0.15, 0.2) is 48.5 Å². The molecule has 1 N–H and O–H groups in total. The Balaban J connectivity index is 1.79. The van der Waals surface area contributed by atoms with Gasteiger partial charge in [-0.2, -0.15) is 5.26 Å². The number of rotatable bonds is 1. The van der Waals surface area contributed by atoms with E-state index in [9.17, 15) is 0 Å². The van der Waals surface area contributed by atoms with Crippen molar-refractivity contribution >= 4 is 5.69 Å². The number of nitrogens with one attached hydrogen (secondary N) is 1. The van der Waals surface area contributed by atoms with Crippen LogP contribution in [0.3, 0.4) is 0 Å². The molecule has 0 spiro atoms. The molecule has 0 amide bonds. The maximum Gasteiger partial charge on any atom is 0.0991 e. The minimum atomic E-state index is 0.0866. The van der Waals surface area contributed by atoms with E-state index in [-0.39, 0.29) is 12.1 Å². The molecule has 0 saturated carbocycles. The predicted octanol–water partition coefficient (Wildman–Crippen LogP) is 4.19. The highest BCUT2D eigenvalue weighted by atomic mass is 16.5. The van der Waals surface area contributed by atoms with Crippen LogP contribution in [0.4, 0.5) is 5.69 Å². The molecule has 0 aliphatic carbocycles. The minimum absolute atomic E-state index is 0.0866. The zero-order valence-corrected chi connectivity index (χ0v) is 12.3. The molecule has 2 heterocycles. The van der Waals surface area contributed by atoms with E-state index >= 15 is 0 Å². The smallest absolute Gasteiger partial charge is 0.0991 e. The van der Waals surface area contributed by atoms with E-state index in [2.05, 4.69) is 35.7 Å². The first-order chi connectivity index (χ1) is 10.9. The number of nitrogens with zero attached hydrogens (tertiary/aromatic N) is 1. The van der Waals surface area contributed by atoms with E-state index in [0.29, 0.717) is 11.5 Å². The second-order valence-corrected chi connectivity index (χ2v) is 6.04. The summed E-state index contributed by atoms with van der Waals surface area (Å²) in [6.07, 6.45) is 2.33. The molecule has 3 atom stereocenters. The van der Waals surface area contributed by atoms with Gasteiger partial charge in [0.15, 0.2) is 0 Å². The van der Waals surface area contributed by atoms with Crippen LogP contribution < -0.4 is 5.32 Å². The van der Waals surface area contributed by atoms with Crippen molar-refractivity contribution in [1.82, 2.24) is 0 Å². The van der Waals surface area contributed by atoms with Crippen LogP contribution in [0.25, 0.3) is 0 Å². The number of benzene rings is 2. The fraction of sp³-hybridized carbons (Fsp3) is 0.316. The Morgan fingerprint density at radius 2 is 2.00 bits per heavy atom. The standard InChI is InChI=1S/C19H18N2O/c20-12-13-8-9-17-16(11-13)19-15(7-4-10-22-19)18(21-17)14-5-2-1-3-6-14/h1-3,5-6,8-9,11,15,18-19,21H,4,7,10H2/t15-,18-,19-/m1/s1. The number of anilines is 1. The van der Waals surface area contributed by atoms with Gasteiger partial charge in [0, 0.05) is 23.8 Å². The van der Waals surface area contributed by atoms with Crippen LogP contribution in [0.1, 0.15) is 41.7 Å². The summed E-state index contributed by atoms with van der Waals surface area (Å²) >= 11 is 0. The summed E-state index contributed by atoms with van der Waals surface area (Å²) in [6.45, 7) is 0.804. The Kier molecular flexibility index (Phi) is 3.32. The van der Waals surface area contributed by atoms with E-state index in [1.165, 1.54) is 5.56 Å².